The van der Waals surface area contributed by atoms with Gasteiger partial charge in [0.15, 0.2) is 5.75 Å². The first-order chi connectivity index (χ1) is 14.6. The maximum absolute atomic E-state index is 13.6. The van der Waals surface area contributed by atoms with Crippen LogP contribution >= 0.6 is 0 Å². The van der Waals surface area contributed by atoms with Crippen LogP contribution in [0.25, 0.3) is 11.1 Å². The number of benzene rings is 1. The first-order valence-corrected chi connectivity index (χ1v) is 9.37. The fourth-order valence-corrected chi connectivity index (χ4v) is 3.06. The Kier molecular flexibility index (Phi) is 5.65. The van der Waals surface area contributed by atoms with Gasteiger partial charge in [-0.25, -0.2) is 19.3 Å². The molecule has 4 rings (SSSR count). The fourth-order valence-electron chi connectivity index (χ4n) is 3.06. The van der Waals surface area contributed by atoms with Crippen LogP contribution in [0.5, 0.6) is 17.4 Å². The number of methoxy groups -OCH3 is 1. The number of aromatic nitrogens is 5. The van der Waals surface area contributed by atoms with E-state index in [2.05, 4.69) is 20.1 Å². The van der Waals surface area contributed by atoms with E-state index < -0.39 is 0 Å². The molecule has 0 spiro atoms. The number of ether oxygens (including phenoxy) is 2. The highest BCUT2D eigenvalue weighted by atomic mass is 19.1. The molecule has 0 bridgehead atoms. The van der Waals surface area contributed by atoms with Crippen LogP contribution in [0.4, 0.5) is 4.39 Å². The van der Waals surface area contributed by atoms with Crippen LogP contribution in [-0.2, 0) is 19.9 Å². The van der Waals surface area contributed by atoms with E-state index in [1.54, 1.807) is 35.4 Å². The van der Waals surface area contributed by atoms with Gasteiger partial charge >= 0.3 is 0 Å². The van der Waals surface area contributed by atoms with Crippen molar-refractivity contribution in [2.75, 3.05) is 7.11 Å². The molecule has 0 aliphatic heterocycles. The summed E-state index contributed by atoms with van der Waals surface area (Å²) in [6.45, 7) is 0. The topological polar surface area (TPSA) is 75.0 Å². The number of hydrogen-bond acceptors (Lipinski definition) is 6. The molecule has 0 aliphatic rings. The molecule has 0 N–H and O–H groups in total. The Hall–Kier alpha value is -3.81. The number of rotatable bonds is 7. The Morgan fingerprint density at radius 2 is 1.83 bits per heavy atom. The molecule has 0 amide bonds. The maximum atomic E-state index is 13.6. The van der Waals surface area contributed by atoms with Crippen LogP contribution < -0.4 is 9.47 Å². The minimum absolute atomic E-state index is 0.356. The molecule has 30 heavy (non-hydrogen) atoms. The molecule has 0 radical (unpaired) electrons. The summed E-state index contributed by atoms with van der Waals surface area (Å²) < 4.78 is 26.6. The molecule has 4 aromatic rings. The minimum Gasteiger partial charge on any atom is -0.496 e. The van der Waals surface area contributed by atoms with Crippen LogP contribution in [0, 0.1) is 5.82 Å². The molecular weight excluding hydrogens is 385 g/mol. The Bertz CT molecular complexity index is 1140. The second-order valence-electron chi connectivity index (χ2n) is 6.66. The molecule has 3 aromatic heterocycles. The number of nitrogens with zero attached hydrogens (tertiary/aromatic N) is 5. The summed E-state index contributed by atoms with van der Waals surface area (Å²) in [6.07, 6.45) is 10.2. The first kappa shape index (κ1) is 19.5. The lowest BCUT2D eigenvalue weighted by Gasteiger charge is -2.13. The van der Waals surface area contributed by atoms with E-state index >= 15 is 0 Å². The van der Waals surface area contributed by atoms with Gasteiger partial charge < -0.3 is 9.47 Å². The van der Waals surface area contributed by atoms with Crippen molar-refractivity contribution in [3.05, 3.63) is 78.5 Å². The van der Waals surface area contributed by atoms with Gasteiger partial charge in [-0.1, -0.05) is 0 Å². The number of hydrogen-bond donors (Lipinski definition) is 0. The normalized spacial score (nSPS) is 10.8. The van der Waals surface area contributed by atoms with Gasteiger partial charge in [0.25, 0.3) is 0 Å². The van der Waals surface area contributed by atoms with Gasteiger partial charge in [0, 0.05) is 43.1 Å². The zero-order valence-corrected chi connectivity index (χ0v) is 16.6. The van der Waals surface area contributed by atoms with Crippen molar-refractivity contribution in [3.63, 3.8) is 0 Å². The summed E-state index contributed by atoms with van der Waals surface area (Å²) in [6, 6.07) is 7.95. The second kappa shape index (κ2) is 8.69. The van der Waals surface area contributed by atoms with E-state index in [0.717, 1.165) is 12.0 Å². The molecule has 1 aromatic carbocycles. The maximum Gasteiger partial charge on any atom is 0.227 e. The van der Waals surface area contributed by atoms with Gasteiger partial charge in [-0.2, -0.15) is 5.10 Å². The van der Waals surface area contributed by atoms with Crippen LogP contribution in [0.3, 0.4) is 0 Å². The molecule has 3 heterocycles. The molecule has 0 saturated heterocycles. The van der Waals surface area contributed by atoms with E-state index in [1.165, 1.54) is 19.2 Å². The molecular formula is C22H20FN5O2. The average molecular weight is 405 g/mol. The zero-order valence-electron chi connectivity index (χ0n) is 16.6. The van der Waals surface area contributed by atoms with E-state index in [4.69, 9.17) is 9.47 Å². The highest BCUT2D eigenvalue weighted by Gasteiger charge is 2.14. The Balaban J connectivity index is 1.51. The molecule has 7 nitrogen and oxygen atoms in total. The van der Waals surface area contributed by atoms with E-state index in [1.807, 2.05) is 25.5 Å². The summed E-state index contributed by atoms with van der Waals surface area (Å²) in [5.74, 6) is 1.55. The second-order valence-corrected chi connectivity index (χ2v) is 6.66. The lowest BCUT2D eigenvalue weighted by atomic mass is 10.1. The number of halogens is 1. The Morgan fingerprint density at radius 1 is 1.00 bits per heavy atom. The van der Waals surface area contributed by atoms with Crippen molar-refractivity contribution in [2.45, 2.75) is 12.8 Å². The minimum atomic E-state index is -0.378. The van der Waals surface area contributed by atoms with Crippen molar-refractivity contribution in [3.8, 4) is 28.5 Å². The van der Waals surface area contributed by atoms with Crippen molar-refractivity contribution in [1.82, 2.24) is 24.7 Å². The summed E-state index contributed by atoms with van der Waals surface area (Å²) in [4.78, 5) is 13.1. The quantitative estimate of drug-likeness (QED) is 0.463. The lowest BCUT2D eigenvalue weighted by molar-refractivity contribution is 0.412. The van der Waals surface area contributed by atoms with Crippen molar-refractivity contribution in [2.24, 2.45) is 7.05 Å². The molecule has 0 fully saturated rings. The predicted octanol–water partition coefficient (Wildman–Crippen LogP) is 4.00. The number of aryl methyl sites for hydroxylation is 3. The summed E-state index contributed by atoms with van der Waals surface area (Å²) in [5.41, 5.74) is 2.49. The zero-order chi connectivity index (χ0) is 20.9. The van der Waals surface area contributed by atoms with Gasteiger partial charge in [-0.05, 0) is 36.2 Å². The average Bonchev–Trinajstić information content (AvgIpc) is 3.19. The molecule has 152 valence electrons. The standard InChI is InChI=1S/C22H20FN5O2/c1-28-14-15(11-27-28)5-8-21-25-12-17(13-26-21)30-22-19(4-3-9-24-22)18-7-6-16(23)10-20(18)29-2/h3-4,6-7,9-14H,5,8H2,1-2H3. The monoisotopic (exact) mass is 405 g/mol. The van der Waals surface area contributed by atoms with E-state index in [-0.39, 0.29) is 5.82 Å². The van der Waals surface area contributed by atoms with Gasteiger partial charge in [-0.3, -0.25) is 4.68 Å². The van der Waals surface area contributed by atoms with Gasteiger partial charge in [0.2, 0.25) is 5.88 Å². The van der Waals surface area contributed by atoms with Gasteiger partial charge in [0.1, 0.15) is 17.4 Å². The first-order valence-electron chi connectivity index (χ1n) is 9.37. The summed E-state index contributed by atoms with van der Waals surface area (Å²) in [7, 11) is 3.38. The molecule has 0 aliphatic carbocycles. The fraction of sp³-hybridized carbons (Fsp3) is 0.182. The highest BCUT2D eigenvalue weighted by molar-refractivity contribution is 5.74. The van der Waals surface area contributed by atoms with Gasteiger partial charge in [0.05, 0.1) is 25.7 Å². The summed E-state index contributed by atoms with van der Waals surface area (Å²) >= 11 is 0. The van der Waals surface area contributed by atoms with Gasteiger partial charge in [-0.15, -0.1) is 0 Å². The number of pyridine rings is 1. The largest absolute Gasteiger partial charge is 0.496 e. The SMILES string of the molecule is COc1cc(F)ccc1-c1cccnc1Oc1cnc(CCc2cnn(C)c2)nc1. The molecule has 0 saturated carbocycles. The summed E-state index contributed by atoms with van der Waals surface area (Å²) in [5, 5.41) is 4.16. The van der Waals surface area contributed by atoms with Crippen LogP contribution in [0.15, 0.2) is 61.3 Å². The third-order valence-corrected chi connectivity index (χ3v) is 4.52. The van der Waals surface area contributed by atoms with Crippen LogP contribution in [0.1, 0.15) is 11.4 Å². The van der Waals surface area contributed by atoms with Crippen molar-refractivity contribution in [1.29, 1.82) is 0 Å². The Morgan fingerprint density at radius 3 is 2.57 bits per heavy atom. The van der Waals surface area contributed by atoms with E-state index in [0.29, 0.717) is 40.8 Å². The molecule has 0 unspecified atom stereocenters. The van der Waals surface area contributed by atoms with Crippen molar-refractivity contribution >= 4 is 0 Å². The molecule has 8 heteroatoms. The molecule has 0 atom stereocenters. The van der Waals surface area contributed by atoms with Crippen molar-refractivity contribution < 1.29 is 13.9 Å². The lowest BCUT2D eigenvalue weighted by Crippen LogP contribution is -1.99. The Labute approximate surface area is 173 Å². The highest BCUT2D eigenvalue weighted by Crippen LogP contribution is 2.36. The van der Waals surface area contributed by atoms with Crippen LogP contribution in [0.2, 0.25) is 0 Å². The van der Waals surface area contributed by atoms with E-state index in [9.17, 15) is 4.39 Å². The smallest absolute Gasteiger partial charge is 0.227 e. The van der Waals surface area contributed by atoms with Crippen LogP contribution in [-0.4, -0.2) is 31.8 Å². The third-order valence-electron chi connectivity index (χ3n) is 4.52. The predicted molar refractivity (Wildman–Crippen MR) is 109 cm³/mol. The third kappa shape index (κ3) is 4.43.